The third-order valence-electron chi connectivity index (χ3n) is 2.75. The summed E-state index contributed by atoms with van der Waals surface area (Å²) >= 11 is 11.6. The van der Waals surface area contributed by atoms with Crippen LogP contribution < -0.4 is 5.32 Å². The van der Waals surface area contributed by atoms with Crippen LogP contribution in [0.25, 0.3) is 0 Å². The van der Waals surface area contributed by atoms with E-state index >= 15 is 0 Å². The number of anilines is 1. The molecule has 0 radical (unpaired) electrons. The van der Waals surface area contributed by atoms with Crippen molar-refractivity contribution in [3.05, 3.63) is 52.1 Å². The summed E-state index contributed by atoms with van der Waals surface area (Å²) in [5.74, 6) is -1.13. The minimum Gasteiger partial charge on any atom is -0.320 e. The Hall–Kier alpha value is -1.84. The van der Waals surface area contributed by atoms with Gasteiger partial charge in [-0.15, -0.1) is 0 Å². The zero-order chi connectivity index (χ0) is 18.1. The van der Waals surface area contributed by atoms with E-state index in [2.05, 4.69) is 10.3 Å². The number of nitrogens with zero attached hydrogens (tertiary/aromatic N) is 1. The summed E-state index contributed by atoms with van der Waals surface area (Å²) in [5, 5.41) is 1.09. The summed E-state index contributed by atoms with van der Waals surface area (Å²) in [4.78, 5) is 15.4. The van der Waals surface area contributed by atoms with Crippen molar-refractivity contribution in [3.63, 3.8) is 0 Å². The fraction of sp³-hybridized carbons (Fsp3) is 0.0769. The van der Waals surface area contributed by atoms with Crippen LogP contribution in [0.4, 0.5) is 18.9 Å². The van der Waals surface area contributed by atoms with Gasteiger partial charge in [0.15, 0.2) is 5.03 Å². The molecule has 0 saturated heterocycles. The number of rotatable bonds is 3. The molecule has 24 heavy (non-hydrogen) atoms. The normalized spacial score (nSPS) is 12.0. The van der Waals surface area contributed by atoms with Crippen molar-refractivity contribution < 1.29 is 26.4 Å². The molecule has 0 spiro atoms. The number of hydrogen-bond donors (Lipinski definition) is 1. The van der Waals surface area contributed by atoms with Crippen molar-refractivity contribution in [3.8, 4) is 0 Å². The summed E-state index contributed by atoms with van der Waals surface area (Å²) in [6, 6.07) is 6.08. The number of nitrogens with one attached hydrogen (secondary N) is 1. The number of benzene rings is 1. The number of amides is 1. The van der Waals surface area contributed by atoms with Crippen molar-refractivity contribution in [2.24, 2.45) is 0 Å². The van der Waals surface area contributed by atoms with Gasteiger partial charge in [-0.1, -0.05) is 23.2 Å². The first-order chi connectivity index (χ1) is 11.0. The van der Waals surface area contributed by atoms with Crippen molar-refractivity contribution in [1.29, 1.82) is 0 Å². The van der Waals surface area contributed by atoms with Crippen LogP contribution in [0.2, 0.25) is 10.0 Å². The molecule has 1 aromatic carbocycles. The Bertz CT molecular complexity index is 902. The lowest BCUT2D eigenvalue weighted by Gasteiger charge is -2.12. The molecule has 1 heterocycles. The second kappa shape index (κ2) is 6.58. The molecule has 0 unspecified atom stereocenters. The molecule has 0 aliphatic carbocycles. The van der Waals surface area contributed by atoms with Crippen LogP contribution in [0.15, 0.2) is 41.6 Å². The Labute approximate surface area is 144 Å². The Balaban J connectivity index is 2.47. The van der Waals surface area contributed by atoms with E-state index in [0.717, 1.165) is 18.3 Å². The Kier molecular flexibility index (Phi) is 5.07. The predicted octanol–water partition coefficient (Wildman–Crippen LogP) is 3.93. The summed E-state index contributed by atoms with van der Waals surface area (Å²) in [5.41, 5.74) is -6.36. The highest BCUT2D eigenvalue weighted by Gasteiger charge is 2.49. The number of hydrogen-bond acceptors (Lipinski definition) is 4. The minimum absolute atomic E-state index is 0.00776. The summed E-state index contributed by atoms with van der Waals surface area (Å²) in [6.45, 7) is 0. The monoisotopic (exact) mass is 398 g/mol. The number of alkyl halides is 3. The molecule has 2 aromatic rings. The van der Waals surface area contributed by atoms with Gasteiger partial charge in [0.25, 0.3) is 15.7 Å². The second-order valence-corrected chi connectivity index (χ2v) is 7.08. The van der Waals surface area contributed by atoms with Gasteiger partial charge in [-0.25, -0.2) is 13.4 Å². The zero-order valence-corrected chi connectivity index (χ0v) is 13.8. The largest absolute Gasteiger partial charge is 0.503 e. The number of carbonyl (C=O) groups is 1. The van der Waals surface area contributed by atoms with Crippen LogP contribution in [-0.4, -0.2) is 24.8 Å². The topological polar surface area (TPSA) is 76.1 Å². The minimum atomic E-state index is -5.79. The molecule has 11 heteroatoms. The zero-order valence-electron chi connectivity index (χ0n) is 11.4. The number of pyridine rings is 1. The van der Waals surface area contributed by atoms with Crippen molar-refractivity contribution in [2.45, 2.75) is 10.5 Å². The highest BCUT2D eigenvalue weighted by atomic mass is 35.5. The third-order valence-corrected chi connectivity index (χ3v) is 4.76. The second-order valence-electron chi connectivity index (χ2n) is 4.38. The fourth-order valence-electron chi connectivity index (χ4n) is 1.67. The first-order valence-electron chi connectivity index (χ1n) is 6.07. The number of carbonyl (C=O) groups excluding carboxylic acids is 1. The van der Waals surface area contributed by atoms with E-state index in [-0.39, 0.29) is 15.7 Å². The highest BCUT2D eigenvalue weighted by Crippen LogP contribution is 2.32. The Morgan fingerprint density at radius 1 is 1.17 bits per heavy atom. The van der Waals surface area contributed by atoms with Crippen LogP contribution in [0.1, 0.15) is 10.4 Å². The molecule has 2 rings (SSSR count). The molecule has 1 N–H and O–H groups in total. The fourth-order valence-corrected chi connectivity index (χ4v) is 2.88. The molecule has 128 valence electrons. The molecule has 0 aliphatic heterocycles. The van der Waals surface area contributed by atoms with E-state index in [4.69, 9.17) is 23.2 Å². The summed E-state index contributed by atoms with van der Waals surface area (Å²) in [7, 11) is -5.79. The quantitative estimate of drug-likeness (QED) is 0.849. The number of aromatic nitrogens is 1. The number of sulfone groups is 1. The SMILES string of the molecule is O=C(Nc1cc(Cl)ccc1Cl)c1cccnc1S(=O)(=O)C(F)(F)F. The molecule has 1 aromatic heterocycles. The first-order valence-corrected chi connectivity index (χ1v) is 8.30. The van der Waals surface area contributed by atoms with Gasteiger partial charge in [-0.2, -0.15) is 13.2 Å². The van der Waals surface area contributed by atoms with Gasteiger partial charge in [-0.05, 0) is 30.3 Å². The summed E-state index contributed by atoms with van der Waals surface area (Å²) in [6.07, 6.45) is 0.835. The standard InChI is InChI=1S/C13H7Cl2F3N2O3S/c14-7-3-4-9(15)10(6-7)20-11(21)8-2-1-5-19-12(8)24(22,23)13(16,17)18/h1-6H,(H,20,21). The van der Waals surface area contributed by atoms with Gasteiger partial charge >= 0.3 is 5.51 Å². The molecule has 0 fully saturated rings. The lowest BCUT2D eigenvalue weighted by atomic mass is 10.2. The van der Waals surface area contributed by atoms with Crippen LogP contribution >= 0.6 is 23.2 Å². The summed E-state index contributed by atoms with van der Waals surface area (Å²) < 4.78 is 61.2. The van der Waals surface area contributed by atoms with E-state index in [1.165, 1.54) is 18.2 Å². The molecule has 5 nitrogen and oxygen atoms in total. The van der Waals surface area contributed by atoms with E-state index in [0.29, 0.717) is 0 Å². The maximum atomic E-state index is 12.7. The smallest absolute Gasteiger partial charge is 0.320 e. The number of halogens is 5. The van der Waals surface area contributed by atoms with Crippen LogP contribution in [0.5, 0.6) is 0 Å². The third kappa shape index (κ3) is 3.63. The van der Waals surface area contributed by atoms with E-state index in [1.54, 1.807) is 0 Å². The molecular formula is C13H7Cl2F3N2O3S. The van der Waals surface area contributed by atoms with Gasteiger partial charge in [-0.3, -0.25) is 4.79 Å². The van der Waals surface area contributed by atoms with E-state index < -0.39 is 31.8 Å². The Morgan fingerprint density at radius 3 is 2.46 bits per heavy atom. The van der Waals surface area contributed by atoms with Gasteiger partial charge in [0.05, 0.1) is 16.3 Å². The molecule has 0 aliphatic rings. The maximum absolute atomic E-state index is 12.7. The van der Waals surface area contributed by atoms with Crippen molar-refractivity contribution >= 4 is 44.6 Å². The van der Waals surface area contributed by atoms with E-state index in [1.807, 2.05) is 0 Å². The molecule has 0 saturated carbocycles. The molecule has 0 bridgehead atoms. The predicted molar refractivity (Wildman–Crippen MR) is 81.9 cm³/mol. The van der Waals surface area contributed by atoms with Crippen LogP contribution in [0, 0.1) is 0 Å². The van der Waals surface area contributed by atoms with Crippen molar-refractivity contribution in [2.75, 3.05) is 5.32 Å². The van der Waals surface area contributed by atoms with Gasteiger partial charge in [0, 0.05) is 11.2 Å². The maximum Gasteiger partial charge on any atom is 0.503 e. The lowest BCUT2D eigenvalue weighted by Crippen LogP contribution is -2.27. The van der Waals surface area contributed by atoms with E-state index in [9.17, 15) is 26.4 Å². The van der Waals surface area contributed by atoms with Crippen LogP contribution in [0.3, 0.4) is 0 Å². The Morgan fingerprint density at radius 2 is 1.83 bits per heavy atom. The average molecular weight is 399 g/mol. The average Bonchev–Trinajstić information content (AvgIpc) is 2.49. The lowest BCUT2D eigenvalue weighted by molar-refractivity contribution is -0.0438. The van der Waals surface area contributed by atoms with Crippen LogP contribution in [-0.2, 0) is 9.84 Å². The van der Waals surface area contributed by atoms with Crippen molar-refractivity contribution in [1.82, 2.24) is 4.98 Å². The molecular weight excluding hydrogens is 392 g/mol. The molecule has 1 amide bonds. The van der Waals surface area contributed by atoms with Gasteiger partial charge in [0.2, 0.25) is 0 Å². The highest BCUT2D eigenvalue weighted by molar-refractivity contribution is 7.92. The molecule has 0 atom stereocenters. The van der Waals surface area contributed by atoms with Gasteiger partial charge < -0.3 is 5.32 Å². The first kappa shape index (κ1) is 18.5. The van der Waals surface area contributed by atoms with Gasteiger partial charge in [0.1, 0.15) is 0 Å².